The molecule has 0 aliphatic carbocycles. The number of benzene rings is 2. The van der Waals surface area contributed by atoms with Crippen LogP contribution in [0.25, 0.3) is 6.08 Å². The molecule has 0 spiro atoms. The van der Waals surface area contributed by atoms with Crippen LogP contribution < -0.4 is 4.74 Å². The van der Waals surface area contributed by atoms with Crippen molar-refractivity contribution in [1.29, 1.82) is 0 Å². The highest BCUT2D eigenvalue weighted by molar-refractivity contribution is 6.07. The zero-order valence-electron chi connectivity index (χ0n) is 16.7. The highest BCUT2D eigenvalue weighted by atomic mass is 16.5. The van der Waals surface area contributed by atoms with Crippen molar-refractivity contribution in [2.24, 2.45) is 0 Å². The second-order valence-electron chi connectivity index (χ2n) is 6.82. The van der Waals surface area contributed by atoms with Gasteiger partial charge in [0.15, 0.2) is 5.78 Å². The number of allylic oxidation sites excluding steroid dienone is 1. The maximum Gasteiger partial charge on any atom is 0.253 e. The number of aryl methyl sites for hydroxylation is 2. The van der Waals surface area contributed by atoms with E-state index in [1.54, 1.807) is 50.5 Å². The van der Waals surface area contributed by atoms with Crippen molar-refractivity contribution in [1.82, 2.24) is 4.90 Å². The molecule has 0 saturated carbocycles. The first-order chi connectivity index (χ1) is 12.8. The molecule has 4 nitrogen and oxygen atoms in total. The van der Waals surface area contributed by atoms with Crippen LogP contribution in [0.2, 0.25) is 0 Å². The Bertz CT molecular complexity index is 849. The van der Waals surface area contributed by atoms with Crippen molar-refractivity contribution in [2.75, 3.05) is 20.7 Å². The van der Waals surface area contributed by atoms with Gasteiger partial charge < -0.3 is 9.64 Å². The van der Waals surface area contributed by atoms with Crippen molar-refractivity contribution >= 4 is 17.8 Å². The van der Waals surface area contributed by atoms with Gasteiger partial charge in [-0.2, -0.15) is 0 Å². The van der Waals surface area contributed by atoms with Crippen molar-refractivity contribution in [3.8, 4) is 5.75 Å². The molecule has 0 fully saturated rings. The zero-order chi connectivity index (χ0) is 20.0. The predicted molar refractivity (Wildman–Crippen MR) is 110 cm³/mol. The lowest BCUT2D eigenvalue weighted by atomic mass is 10.0. The molecule has 0 saturated heterocycles. The van der Waals surface area contributed by atoms with Crippen molar-refractivity contribution < 1.29 is 14.3 Å². The fourth-order valence-corrected chi connectivity index (χ4v) is 2.81. The van der Waals surface area contributed by atoms with E-state index < -0.39 is 0 Å². The fourth-order valence-electron chi connectivity index (χ4n) is 2.81. The van der Waals surface area contributed by atoms with Crippen LogP contribution in [-0.2, 0) is 0 Å². The maximum atomic E-state index is 12.5. The zero-order valence-corrected chi connectivity index (χ0v) is 16.7. The molecule has 27 heavy (non-hydrogen) atoms. The summed E-state index contributed by atoms with van der Waals surface area (Å²) in [5.74, 6) is 0.621. The van der Waals surface area contributed by atoms with Crippen LogP contribution in [0.3, 0.4) is 0 Å². The predicted octanol–water partition coefficient (Wildman–Crippen LogP) is 4.69. The number of hydrogen-bond acceptors (Lipinski definition) is 3. The molecule has 0 atom stereocenters. The maximum absolute atomic E-state index is 12.5. The number of nitrogens with zero attached hydrogens (tertiary/aromatic N) is 1. The molecule has 0 radical (unpaired) electrons. The average Bonchev–Trinajstić information content (AvgIpc) is 2.64. The summed E-state index contributed by atoms with van der Waals surface area (Å²) in [7, 11) is 3.40. The van der Waals surface area contributed by atoms with E-state index in [0.29, 0.717) is 17.7 Å². The molecule has 142 valence electrons. The third-order valence-corrected chi connectivity index (χ3v) is 4.14. The molecule has 0 unspecified atom stereocenters. The molecule has 1 amide bonds. The lowest BCUT2D eigenvalue weighted by Crippen LogP contribution is -2.21. The van der Waals surface area contributed by atoms with E-state index in [-0.39, 0.29) is 11.7 Å². The van der Waals surface area contributed by atoms with E-state index in [2.05, 4.69) is 13.0 Å². The first-order valence-electron chi connectivity index (χ1n) is 9.11. The van der Waals surface area contributed by atoms with Gasteiger partial charge in [-0.1, -0.05) is 30.7 Å². The second kappa shape index (κ2) is 9.17. The summed E-state index contributed by atoms with van der Waals surface area (Å²) in [4.78, 5) is 26.0. The Kier molecular flexibility index (Phi) is 6.94. The number of rotatable bonds is 7. The quantitative estimate of drug-likeness (QED) is 0.528. The molecule has 2 rings (SSSR count). The Hall–Kier alpha value is -2.88. The molecule has 0 aliphatic rings. The van der Waals surface area contributed by atoms with E-state index in [4.69, 9.17) is 4.74 Å². The van der Waals surface area contributed by atoms with Gasteiger partial charge in [0.1, 0.15) is 5.75 Å². The Morgan fingerprint density at radius 3 is 2.26 bits per heavy atom. The smallest absolute Gasteiger partial charge is 0.253 e. The fraction of sp³-hybridized carbons (Fsp3) is 0.304. The van der Waals surface area contributed by atoms with Gasteiger partial charge in [-0.25, -0.2) is 0 Å². The molecule has 0 aromatic heterocycles. The molecule has 0 bridgehead atoms. The SMILES string of the molecule is CCCOc1c(C)cc(C)cc1C=CC(=O)c1ccc(C(=O)N(C)C)cc1. The summed E-state index contributed by atoms with van der Waals surface area (Å²) in [6.07, 6.45) is 4.27. The van der Waals surface area contributed by atoms with Crippen molar-refractivity contribution in [3.05, 3.63) is 70.3 Å². The monoisotopic (exact) mass is 365 g/mol. The summed E-state index contributed by atoms with van der Waals surface area (Å²) in [6.45, 7) is 6.74. The number of carbonyl (C=O) groups excluding carboxylic acids is 2. The number of ketones is 1. The van der Waals surface area contributed by atoms with E-state index in [1.165, 1.54) is 4.90 Å². The van der Waals surface area contributed by atoms with Crippen LogP contribution in [0.4, 0.5) is 0 Å². The summed E-state index contributed by atoms with van der Waals surface area (Å²) in [5.41, 5.74) is 4.18. The second-order valence-corrected chi connectivity index (χ2v) is 6.82. The van der Waals surface area contributed by atoms with Crippen LogP contribution in [0, 0.1) is 13.8 Å². The topological polar surface area (TPSA) is 46.6 Å². The Labute approximate surface area is 161 Å². The summed E-state index contributed by atoms with van der Waals surface area (Å²) < 4.78 is 5.87. The summed E-state index contributed by atoms with van der Waals surface area (Å²) in [6, 6.07) is 10.8. The Balaban J connectivity index is 2.22. The first kappa shape index (κ1) is 20.4. The third-order valence-electron chi connectivity index (χ3n) is 4.14. The molecule has 0 aliphatic heterocycles. The average molecular weight is 365 g/mol. The van der Waals surface area contributed by atoms with Gasteiger partial charge in [-0.15, -0.1) is 0 Å². The van der Waals surface area contributed by atoms with Gasteiger partial charge in [0.05, 0.1) is 6.61 Å². The molecule has 2 aromatic carbocycles. The van der Waals surface area contributed by atoms with Crippen molar-refractivity contribution in [3.63, 3.8) is 0 Å². The van der Waals surface area contributed by atoms with E-state index >= 15 is 0 Å². The lowest BCUT2D eigenvalue weighted by Gasteiger charge is -2.13. The highest BCUT2D eigenvalue weighted by Gasteiger charge is 2.10. The minimum atomic E-state index is -0.112. The van der Waals surface area contributed by atoms with Crippen molar-refractivity contribution in [2.45, 2.75) is 27.2 Å². The molecular weight excluding hydrogens is 338 g/mol. The van der Waals surface area contributed by atoms with E-state index in [9.17, 15) is 9.59 Å². The minimum Gasteiger partial charge on any atom is -0.493 e. The molecule has 0 N–H and O–H groups in total. The first-order valence-corrected chi connectivity index (χ1v) is 9.11. The van der Waals surface area contributed by atoms with Crippen LogP contribution >= 0.6 is 0 Å². The van der Waals surface area contributed by atoms with Crippen LogP contribution in [0.5, 0.6) is 5.75 Å². The van der Waals surface area contributed by atoms with E-state index in [0.717, 1.165) is 28.9 Å². The van der Waals surface area contributed by atoms with Crippen LogP contribution in [0.15, 0.2) is 42.5 Å². The third kappa shape index (κ3) is 5.30. The highest BCUT2D eigenvalue weighted by Crippen LogP contribution is 2.27. The molecule has 2 aromatic rings. The van der Waals surface area contributed by atoms with Crippen LogP contribution in [0.1, 0.15) is 50.8 Å². The van der Waals surface area contributed by atoms with Gasteiger partial charge in [-0.05, 0) is 56.2 Å². The number of amides is 1. The molecule has 4 heteroatoms. The number of hydrogen-bond donors (Lipinski definition) is 0. The summed E-state index contributed by atoms with van der Waals surface area (Å²) in [5, 5.41) is 0. The van der Waals surface area contributed by atoms with Gasteiger partial charge in [0.2, 0.25) is 0 Å². The van der Waals surface area contributed by atoms with Gasteiger partial charge >= 0.3 is 0 Å². The standard InChI is InChI=1S/C23H27NO3/c1-6-13-27-22-17(3)14-16(2)15-20(22)11-12-21(25)18-7-9-19(10-8-18)23(26)24(4)5/h7-12,14-15H,6,13H2,1-5H3. The molecule has 0 heterocycles. The molecular formula is C23H27NO3. The van der Waals surface area contributed by atoms with Crippen LogP contribution in [-0.4, -0.2) is 37.3 Å². The van der Waals surface area contributed by atoms with Gasteiger partial charge in [-0.3, -0.25) is 9.59 Å². The number of carbonyl (C=O) groups is 2. The Morgan fingerprint density at radius 2 is 1.67 bits per heavy atom. The number of ether oxygens (including phenoxy) is 1. The Morgan fingerprint density at radius 1 is 1.04 bits per heavy atom. The van der Waals surface area contributed by atoms with Gasteiger partial charge in [0.25, 0.3) is 5.91 Å². The normalized spacial score (nSPS) is 10.9. The van der Waals surface area contributed by atoms with E-state index in [1.807, 2.05) is 19.9 Å². The van der Waals surface area contributed by atoms with Gasteiger partial charge in [0, 0.05) is 30.8 Å². The summed E-state index contributed by atoms with van der Waals surface area (Å²) >= 11 is 0. The minimum absolute atomic E-state index is 0.0857. The largest absolute Gasteiger partial charge is 0.493 e. The lowest BCUT2D eigenvalue weighted by molar-refractivity contribution is 0.0827.